The molecule has 0 fully saturated rings. The first-order valence-electron chi connectivity index (χ1n) is 7.11. The predicted octanol–water partition coefficient (Wildman–Crippen LogP) is 4.19. The smallest absolute Gasteiger partial charge is 0.348 e. The summed E-state index contributed by atoms with van der Waals surface area (Å²) in [6.07, 6.45) is 0. The highest BCUT2D eigenvalue weighted by Gasteiger charge is 2.19. The minimum atomic E-state index is -0.360. The Morgan fingerprint density at radius 3 is 2.57 bits per heavy atom. The fourth-order valence-electron chi connectivity index (χ4n) is 2.43. The number of esters is 1. The van der Waals surface area contributed by atoms with E-state index in [1.165, 1.54) is 17.4 Å². The van der Waals surface area contributed by atoms with Crippen LogP contribution in [0.3, 0.4) is 0 Å². The minimum absolute atomic E-state index is 0.156. The van der Waals surface area contributed by atoms with Gasteiger partial charge in [-0.05, 0) is 49.7 Å². The fraction of sp³-hybridized carbons (Fsp3) is 0.176. The van der Waals surface area contributed by atoms with E-state index in [0.29, 0.717) is 22.2 Å². The zero-order valence-electron chi connectivity index (χ0n) is 12.6. The number of benzene rings is 1. The molecule has 0 atom stereocenters. The van der Waals surface area contributed by atoms with Crippen molar-refractivity contribution >= 4 is 39.1 Å². The molecular formula is C17H14ClNO3S. The van der Waals surface area contributed by atoms with E-state index in [-0.39, 0.29) is 11.5 Å². The second kappa shape index (κ2) is 6.18. The van der Waals surface area contributed by atoms with Gasteiger partial charge in [0, 0.05) is 16.5 Å². The van der Waals surface area contributed by atoms with E-state index in [1.54, 1.807) is 41.8 Å². The number of nitrogens with zero attached hydrogens (tertiary/aromatic N) is 1. The second-order valence-corrected chi connectivity index (χ2v) is 6.41. The van der Waals surface area contributed by atoms with E-state index >= 15 is 0 Å². The van der Waals surface area contributed by atoms with Crippen molar-refractivity contribution in [2.45, 2.75) is 13.8 Å². The Morgan fingerprint density at radius 2 is 1.91 bits per heavy atom. The lowest BCUT2D eigenvalue weighted by atomic mass is 10.2. The monoisotopic (exact) mass is 347 g/mol. The number of aryl methyl sites for hydroxylation is 1. The van der Waals surface area contributed by atoms with Crippen LogP contribution in [0.2, 0.25) is 5.02 Å². The molecule has 3 aromatic rings. The van der Waals surface area contributed by atoms with Crippen LogP contribution in [0.1, 0.15) is 22.2 Å². The van der Waals surface area contributed by atoms with Gasteiger partial charge >= 0.3 is 5.97 Å². The van der Waals surface area contributed by atoms with E-state index in [2.05, 4.69) is 0 Å². The minimum Gasteiger partial charge on any atom is -0.462 e. The number of thiophene rings is 1. The summed E-state index contributed by atoms with van der Waals surface area (Å²) in [5.74, 6) is -0.360. The highest BCUT2D eigenvalue weighted by atomic mass is 35.5. The van der Waals surface area contributed by atoms with Crippen LogP contribution in [0.15, 0.2) is 41.2 Å². The molecule has 0 aliphatic heterocycles. The Kier molecular flexibility index (Phi) is 4.24. The molecule has 0 saturated carbocycles. The first kappa shape index (κ1) is 15.8. The van der Waals surface area contributed by atoms with Gasteiger partial charge in [0.05, 0.1) is 12.3 Å². The molecule has 2 heterocycles. The Labute approximate surface area is 141 Å². The summed E-state index contributed by atoms with van der Waals surface area (Å²) in [5, 5.41) is 1.47. The van der Waals surface area contributed by atoms with Gasteiger partial charge in [0.1, 0.15) is 9.71 Å². The molecule has 1 aromatic carbocycles. The number of rotatable bonds is 3. The first-order valence-corrected chi connectivity index (χ1v) is 8.30. The third-order valence-electron chi connectivity index (χ3n) is 3.54. The molecule has 0 radical (unpaired) electrons. The topological polar surface area (TPSA) is 48.3 Å². The Balaban J connectivity index is 2.28. The average molecular weight is 348 g/mol. The lowest BCUT2D eigenvalue weighted by Gasteiger charge is -2.07. The maximum Gasteiger partial charge on any atom is 0.348 e. The number of fused-ring (bicyclic) bond motifs is 1. The molecule has 0 spiro atoms. The molecule has 0 saturated heterocycles. The van der Waals surface area contributed by atoms with Gasteiger partial charge in [-0.3, -0.25) is 9.36 Å². The van der Waals surface area contributed by atoms with E-state index < -0.39 is 0 Å². The van der Waals surface area contributed by atoms with Crippen molar-refractivity contribution in [1.29, 1.82) is 0 Å². The third kappa shape index (κ3) is 2.78. The third-order valence-corrected chi connectivity index (χ3v) is 5.06. The van der Waals surface area contributed by atoms with Crippen molar-refractivity contribution in [3.05, 3.63) is 62.2 Å². The largest absolute Gasteiger partial charge is 0.462 e. The highest BCUT2D eigenvalue weighted by molar-refractivity contribution is 7.20. The van der Waals surface area contributed by atoms with Gasteiger partial charge < -0.3 is 4.74 Å². The van der Waals surface area contributed by atoms with Gasteiger partial charge in [0.15, 0.2) is 0 Å². The van der Waals surface area contributed by atoms with Gasteiger partial charge in [-0.25, -0.2) is 4.79 Å². The van der Waals surface area contributed by atoms with E-state index in [0.717, 1.165) is 15.8 Å². The standard InChI is InChI=1S/C17H14ClNO3S/c1-3-22-17(21)15-10(2)13-8-9-14(20)19(16(13)23-15)12-6-4-11(18)5-7-12/h4-9H,3H2,1-2H3. The van der Waals surface area contributed by atoms with E-state index in [9.17, 15) is 9.59 Å². The van der Waals surface area contributed by atoms with E-state index in [1.807, 2.05) is 6.92 Å². The highest BCUT2D eigenvalue weighted by Crippen LogP contribution is 2.31. The van der Waals surface area contributed by atoms with Gasteiger partial charge in [0.25, 0.3) is 5.56 Å². The molecule has 6 heteroatoms. The van der Waals surface area contributed by atoms with Crippen LogP contribution in [0.5, 0.6) is 0 Å². The molecule has 23 heavy (non-hydrogen) atoms. The van der Waals surface area contributed by atoms with Crippen molar-refractivity contribution in [3.8, 4) is 5.69 Å². The van der Waals surface area contributed by atoms with Crippen molar-refractivity contribution in [3.63, 3.8) is 0 Å². The van der Waals surface area contributed by atoms with Crippen LogP contribution < -0.4 is 5.56 Å². The SMILES string of the molecule is CCOC(=O)c1sc2c(ccc(=O)n2-c2ccc(Cl)cc2)c1C. The summed E-state index contributed by atoms with van der Waals surface area (Å²) in [6.45, 7) is 3.95. The molecule has 2 aromatic heterocycles. The number of ether oxygens (including phenoxy) is 1. The summed E-state index contributed by atoms with van der Waals surface area (Å²) >= 11 is 7.18. The molecule has 0 bridgehead atoms. The van der Waals surface area contributed by atoms with Crippen LogP contribution in [-0.4, -0.2) is 17.1 Å². The molecule has 4 nitrogen and oxygen atoms in total. The Bertz CT molecular complexity index is 941. The summed E-state index contributed by atoms with van der Waals surface area (Å²) in [5.41, 5.74) is 1.38. The molecule has 118 valence electrons. The van der Waals surface area contributed by atoms with Gasteiger partial charge in [-0.2, -0.15) is 0 Å². The maximum absolute atomic E-state index is 12.4. The molecule has 0 aliphatic carbocycles. The quantitative estimate of drug-likeness (QED) is 0.667. The zero-order chi connectivity index (χ0) is 16.6. The number of carbonyl (C=O) groups is 1. The molecule has 3 rings (SSSR count). The summed E-state index contributed by atoms with van der Waals surface area (Å²) in [6, 6.07) is 10.3. The average Bonchev–Trinajstić information content (AvgIpc) is 2.86. The van der Waals surface area contributed by atoms with Crippen molar-refractivity contribution in [2.24, 2.45) is 0 Å². The van der Waals surface area contributed by atoms with Gasteiger partial charge in [-0.1, -0.05) is 11.6 Å². The molecular weight excluding hydrogens is 334 g/mol. The number of halogens is 1. The number of carbonyl (C=O) groups excluding carboxylic acids is 1. The number of pyridine rings is 1. The zero-order valence-corrected chi connectivity index (χ0v) is 14.2. The first-order chi connectivity index (χ1) is 11.0. The number of aromatic nitrogens is 1. The lowest BCUT2D eigenvalue weighted by Crippen LogP contribution is -2.16. The normalized spacial score (nSPS) is 10.9. The predicted molar refractivity (Wildman–Crippen MR) is 93.1 cm³/mol. The van der Waals surface area contributed by atoms with Crippen molar-refractivity contribution in [2.75, 3.05) is 6.61 Å². The molecule has 0 amide bonds. The number of hydrogen-bond acceptors (Lipinski definition) is 4. The Hall–Kier alpha value is -2.11. The van der Waals surface area contributed by atoms with Crippen molar-refractivity contribution < 1.29 is 9.53 Å². The lowest BCUT2D eigenvalue weighted by molar-refractivity contribution is 0.0531. The maximum atomic E-state index is 12.4. The Morgan fingerprint density at radius 1 is 1.22 bits per heavy atom. The van der Waals surface area contributed by atoms with Crippen LogP contribution in [0.4, 0.5) is 0 Å². The van der Waals surface area contributed by atoms with Crippen LogP contribution >= 0.6 is 22.9 Å². The van der Waals surface area contributed by atoms with E-state index in [4.69, 9.17) is 16.3 Å². The molecule has 0 aliphatic rings. The van der Waals surface area contributed by atoms with Crippen LogP contribution in [-0.2, 0) is 4.74 Å². The fourth-order valence-corrected chi connectivity index (χ4v) is 3.77. The summed E-state index contributed by atoms with van der Waals surface area (Å²) < 4.78 is 6.69. The van der Waals surface area contributed by atoms with Crippen molar-refractivity contribution in [1.82, 2.24) is 4.57 Å². The summed E-state index contributed by atoms with van der Waals surface area (Å²) in [4.78, 5) is 25.7. The summed E-state index contributed by atoms with van der Waals surface area (Å²) in [7, 11) is 0. The van der Waals surface area contributed by atoms with Gasteiger partial charge in [-0.15, -0.1) is 11.3 Å². The molecule has 0 unspecified atom stereocenters. The van der Waals surface area contributed by atoms with Crippen LogP contribution in [0.25, 0.3) is 15.9 Å². The number of hydrogen-bond donors (Lipinski definition) is 0. The van der Waals surface area contributed by atoms with Crippen LogP contribution in [0, 0.1) is 6.92 Å². The second-order valence-electron chi connectivity index (χ2n) is 4.98. The molecule has 0 N–H and O–H groups in total. The van der Waals surface area contributed by atoms with Gasteiger partial charge in [0.2, 0.25) is 0 Å².